The zero-order chi connectivity index (χ0) is 12.8. The summed E-state index contributed by atoms with van der Waals surface area (Å²) in [5.74, 6) is 0.236. The lowest BCUT2D eigenvalue weighted by molar-refractivity contribution is -0.133. The average Bonchev–Trinajstić information content (AvgIpc) is 2.70. The topological polar surface area (TPSA) is 49.6 Å². The molecule has 0 saturated heterocycles. The highest BCUT2D eigenvalue weighted by Crippen LogP contribution is 2.19. The number of nitrogens with two attached hydrogens (primary N) is 1. The highest BCUT2D eigenvalue weighted by atomic mass is 16.2. The fourth-order valence-corrected chi connectivity index (χ4v) is 2.15. The van der Waals surface area contributed by atoms with Crippen LogP contribution >= 0.6 is 0 Å². The Bertz CT molecular complexity index is 276. The van der Waals surface area contributed by atoms with Gasteiger partial charge in [-0.05, 0) is 40.4 Å². The molecule has 2 N–H and O–H groups in total. The summed E-state index contributed by atoms with van der Waals surface area (Å²) in [5, 5.41) is 0. The zero-order valence-electron chi connectivity index (χ0n) is 11.2. The molecule has 98 valence electrons. The molecule has 0 radical (unpaired) electrons. The van der Waals surface area contributed by atoms with Crippen LogP contribution in [0, 0.1) is 5.92 Å². The molecule has 2 unspecified atom stereocenters. The summed E-state index contributed by atoms with van der Waals surface area (Å²) in [5.41, 5.74) is 5.78. The van der Waals surface area contributed by atoms with E-state index in [1.165, 1.54) is 0 Å². The van der Waals surface area contributed by atoms with Gasteiger partial charge in [-0.3, -0.25) is 4.79 Å². The number of rotatable bonds is 6. The van der Waals surface area contributed by atoms with Crippen LogP contribution in [0.1, 0.15) is 19.8 Å². The molecule has 4 nitrogen and oxygen atoms in total. The van der Waals surface area contributed by atoms with E-state index >= 15 is 0 Å². The van der Waals surface area contributed by atoms with Gasteiger partial charge in [0.1, 0.15) is 0 Å². The molecule has 2 atom stereocenters. The number of amides is 1. The van der Waals surface area contributed by atoms with Gasteiger partial charge in [-0.2, -0.15) is 0 Å². The summed E-state index contributed by atoms with van der Waals surface area (Å²) in [6.07, 6.45) is 5.69. The van der Waals surface area contributed by atoms with Crippen LogP contribution in [0.2, 0.25) is 0 Å². The molecule has 0 heterocycles. The van der Waals surface area contributed by atoms with E-state index in [9.17, 15) is 4.79 Å². The van der Waals surface area contributed by atoms with Crippen molar-refractivity contribution in [1.29, 1.82) is 0 Å². The maximum Gasteiger partial charge on any atom is 0.229 e. The van der Waals surface area contributed by atoms with Crippen molar-refractivity contribution >= 4 is 5.91 Å². The fraction of sp³-hybridized carbons (Fsp3) is 0.769. The molecule has 1 aliphatic rings. The number of hydrogen-bond acceptors (Lipinski definition) is 3. The van der Waals surface area contributed by atoms with Crippen molar-refractivity contribution in [3.8, 4) is 0 Å². The molecule has 1 rings (SSSR count). The van der Waals surface area contributed by atoms with Gasteiger partial charge in [0.05, 0.1) is 5.92 Å². The van der Waals surface area contributed by atoms with E-state index in [4.69, 9.17) is 5.73 Å². The van der Waals surface area contributed by atoms with Crippen LogP contribution < -0.4 is 5.73 Å². The van der Waals surface area contributed by atoms with Gasteiger partial charge in [-0.1, -0.05) is 12.2 Å². The number of hydrogen-bond donors (Lipinski definition) is 1. The second-order valence-corrected chi connectivity index (χ2v) is 4.97. The minimum atomic E-state index is 0.00399. The Labute approximate surface area is 104 Å². The smallest absolute Gasteiger partial charge is 0.229 e. The van der Waals surface area contributed by atoms with Crippen LogP contribution in [-0.4, -0.2) is 55.5 Å². The predicted octanol–water partition coefficient (Wildman–Crippen LogP) is 0.690. The molecule has 0 saturated carbocycles. The standard InChI is InChI=1S/C13H25N3O/c1-4-16(9-5-8-15(2)3)13(17)11-6-7-12(14)10-11/h6-7,11-12H,4-5,8-10,14H2,1-3H3. The van der Waals surface area contributed by atoms with E-state index in [-0.39, 0.29) is 17.9 Å². The van der Waals surface area contributed by atoms with Crippen LogP contribution in [-0.2, 0) is 4.79 Å². The summed E-state index contributed by atoms with van der Waals surface area (Å²) in [7, 11) is 4.10. The minimum absolute atomic E-state index is 0.00399. The van der Waals surface area contributed by atoms with E-state index in [2.05, 4.69) is 19.0 Å². The first-order valence-corrected chi connectivity index (χ1v) is 6.42. The highest BCUT2D eigenvalue weighted by Gasteiger charge is 2.25. The normalized spacial score (nSPS) is 23.4. The summed E-state index contributed by atoms with van der Waals surface area (Å²) in [6.45, 7) is 4.68. The first-order valence-electron chi connectivity index (χ1n) is 6.42. The molecule has 0 aromatic heterocycles. The SMILES string of the molecule is CCN(CCCN(C)C)C(=O)C1C=CC(N)C1. The zero-order valence-corrected chi connectivity index (χ0v) is 11.2. The van der Waals surface area contributed by atoms with Crippen LogP contribution in [0.5, 0.6) is 0 Å². The van der Waals surface area contributed by atoms with Gasteiger partial charge in [-0.15, -0.1) is 0 Å². The van der Waals surface area contributed by atoms with Gasteiger partial charge >= 0.3 is 0 Å². The summed E-state index contributed by atoms with van der Waals surface area (Å²) in [6, 6.07) is 0.0597. The molecule has 0 bridgehead atoms. The van der Waals surface area contributed by atoms with Gasteiger partial charge < -0.3 is 15.5 Å². The molecular formula is C13H25N3O. The quantitative estimate of drug-likeness (QED) is 0.694. The van der Waals surface area contributed by atoms with Crippen LogP contribution in [0.4, 0.5) is 0 Å². The van der Waals surface area contributed by atoms with Gasteiger partial charge in [0.25, 0.3) is 0 Å². The number of carbonyl (C=O) groups is 1. The maximum absolute atomic E-state index is 12.2. The lowest BCUT2D eigenvalue weighted by atomic mass is 10.1. The Morgan fingerprint density at radius 3 is 2.53 bits per heavy atom. The third-order valence-corrected chi connectivity index (χ3v) is 3.16. The monoisotopic (exact) mass is 239 g/mol. The third kappa shape index (κ3) is 4.48. The van der Waals surface area contributed by atoms with Crippen molar-refractivity contribution in [3.63, 3.8) is 0 Å². The molecule has 0 aliphatic heterocycles. The molecule has 1 aliphatic carbocycles. The van der Waals surface area contributed by atoms with Gasteiger partial charge in [-0.25, -0.2) is 0 Å². The molecule has 0 spiro atoms. The van der Waals surface area contributed by atoms with Crippen LogP contribution in [0.3, 0.4) is 0 Å². The third-order valence-electron chi connectivity index (χ3n) is 3.16. The molecule has 0 fully saturated rings. The Morgan fingerprint density at radius 2 is 2.06 bits per heavy atom. The van der Waals surface area contributed by atoms with Crippen molar-refractivity contribution in [2.75, 3.05) is 33.7 Å². The fourth-order valence-electron chi connectivity index (χ4n) is 2.15. The van der Waals surface area contributed by atoms with Crippen molar-refractivity contribution < 1.29 is 4.79 Å². The largest absolute Gasteiger partial charge is 0.342 e. The Kier molecular flexibility index (Phi) is 5.65. The first kappa shape index (κ1) is 14.2. The highest BCUT2D eigenvalue weighted by molar-refractivity contribution is 5.81. The molecule has 17 heavy (non-hydrogen) atoms. The second kappa shape index (κ2) is 6.77. The Balaban J connectivity index is 2.39. The predicted molar refractivity (Wildman–Crippen MR) is 70.6 cm³/mol. The van der Waals surface area contributed by atoms with E-state index in [1.807, 2.05) is 24.0 Å². The maximum atomic E-state index is 12.2. The molecular weight excluding hydrogens is 214 g/mol. The van der Waals surface area contributed by atoms with E-state index in [0.29, 0.717) is 0 Å². The first-order chi connectivity index (χ1) is 8.04. The summed E-state index contributed by atoms with van der Waals surface area (Å²) >= 11 is 0. The number of carbonyl (C=O) groups excluding carboxylic acids is 1. The summed E-state index contributed by atoms with van der Waals surface area (Å²) in [4.78, 5) is 16.3. The number of nitrogens with zero attached hydrogens (tertiary/aromatic N) is 2. The van der Waals surface area contributed by atoms with Crippen molar-refractivity contribution in [2.45, 2.75) is 25.8 Å². The van der Waals surface area contributed by atoms with Gasteiger partial charge in [0.15, 0.2) is 0 Å². The minimum Gasteiger partial charge on any atom is -0.342 e. The Hall–Kier alpha value is -0.870. The van der Waals surface area contributed by atoms with Gasteiger partial charge in [0, 0.05) is 19.1 Å². The van der Waals surface area contributed by atoms with Crippen LogP contribution in [0.25, 0.3) is 0 Å². The van der Waals surface area contributed by atoms with E-state index in [0.717, 1.165) is 32.5 Å². The van der Waals surface area contributed by atoms with Crippen molar-refractivity contribution in [2.24, 2.45) is 11.7 Å². The molecule has 0 aromatic carbocycles. The van der Waals surface area contributed by atoms with Crippen LogP contribution in [0.15, 0.2) is 12.2 Å². The lowest BCUT2D eigenvalue weighted by Crippen LogP contribution is -2.37. The summed E-state index contributed by atoms with van der Waals surface area (Å²) < 4.78 is 0. The molecule has 4 heteroatoms. The lowest BCUT2D eigenvalue weighted by Gasteiger charge is -2.24. The van der Waals surface area contributed by atoms with E-state index < -0.39 is 0 Å². The molecule has 0 aromatic rings. The second-order valence-electron chi connectivity index (χ2n) is 4.97. The molecule has 1 amide bonds. The van der Waals surface area contributed by atoms with Crippen molar-refractivity contribution in [1.82, 2.24) is 9.80 Å². The van der Waals surface area contributed by atoms with Crippen molar-refractivity contribution in [3.05, 3.63) is 12.2 Å². The average molecular weight is 239 g/mol. The van der Waals surface area contributed by atoms with Gasteiger partial charge in [0.2, 0.25) is 5.91 Å². The Morgan fingerprint density at radius 1 is 1.35 bits per heavy atom. The van der Waals surface area contributed by atoms with E-state index in [1.54, 1.807) is 0 Å².